The summed E-state index contributed by atoms with van der Waals surface area (Å²) in [6, 6.07) is 13.9. The third-order valence-electron chi connectivity index (χ3n) is 5.20. The minimum absolute atomic E-state index is 0.711. The molecule has 2 heterocycles. The summed E-state index contributed by atoms with van der Waals surface area (Å²) in [5.41, 5.74) is 1.86. The van der Waals surface area contributed by atoms with Crippen molar-refractivity contribution in [3.8, 4) is 0 Å². The van der Waals surface area contributed by atoms with E-state index >= 15 is 0 Å². The number of rotatable bonds is 4. The molecule has 4 aromatic rings. The third-order valence-corrected chi connectivity index (χ3v) is 5.20. The van der Waals surface area contributed by atoms with Crippen LogP contribution in [0.3, 0.4) is 0 Å². The van der Waals surface area contributed by atoms with Crippen molar-refractivity contribution in [3.63, 3.8) is 0 Å². The lowest BCUT2D eigenvalue weighted by molar-refractivity contribution is -0.0893. The predicted molar refractivity (Wildman–Crippen MR) is 106 cm³/mol. The second-order valence-corrected chi connectivity index (χ2v) is 7.67. The number of hydrogen-bond donors (Lipinski definition) is 1. The number of pyridine rings is 1. The first-order chi connectivity index (χ1) is 12.3. The van der Waals surface area contributed by atoms with E-state index in [9.17, 15) is 5.11 Å². The Bertz CT molecular complexity index is 1110. The minimum Gasteiger partial charge on any atom is -0.456 e. The van der Waals surface area contributed by atoms with Gasteiger partial charge in [-0.15, -0.1) is 0 Å². The molecule has 1 N–H and O–H groups in total. The Morgan fingerprint density at radius 3 is 2.54 bits per heavy atom. The molecule has 0 amide bonds. The lowest BCUT2D eigenvalue weighted by atomic mass is 9.82. The van der Waals surface area contributed by atoms with Crippen LogP contribution in [0.5, 0.6) is 0 Å². The van der Waals surface area contributed by atoms with Gasteiger partial charge in [-0.2, -0.15) is 0 Å². The van der Waals surface area contributed by atoms with Crippen molar-refractivity contribution in [2.24, 2.45) is 0 Å². The molecule has 0 aliphatic heterocycles. The topological polar surface area (TPSA) is 55.5 Å². The molecule has 131 valence electrons. The molecule has 4 rings (SSSR count). The van der Waals surface area contributed by atoms with Gasteiger partial charge in [-0.25, -0.2) is 0 Å². The Hall–Kier alpha value is -2.37. The molecule has 0 aliphatic carbocycles. The lowest BCUT2D eigenvalue weighted by Gasteiger charge is -2.37. The van der Waals surface area contributed by atoms with Gasteiger partial charge in [-0.05, 0) is 52.0 Å². The maximum Gasteiger partial charge on any atom is 0.330 e. The maximum absolute atomic E-state index is 10.3. The molecule has 0 saturated carbocycles. The molecule has 0 fully saturated rings. The molecule has 0 saturated heterocycles. The van der Waals surface area contributed by atoms with Crippen molar-refractivity contribution in [2.45, 2.75) is 38.9 Å². The average molecular weight is 346 g/mol. The van der Waals surface area contributed by atoms with Gasteiger partial charge in [-0.1, -0.05) is 23.7 Å². The first kappa shape index (κ1) is 17.1. The minimum atomic E-state index is -0.961. The van der Waals surface area contributed by atoms with Crippen molar-refractivity contribution >= 4 is 45.8 Å². The van der Waals surface area contributed by atoms with E-state index in [-0.39, 0.29) is 0 Å². The van der Waals surface area contributed by atoms with Gasteiger partial charge in [0, 0.05) is 22.4 Å². The van der Waals surface area contributed by atoms with E-state index in [2.05, 4.69) is 11.1 Å². The van der Waals surface area contributed by atoms with Crippen LogP contribution in [0.25, 0.3) is 32.8 Å². The highest BCUT2D eigenvalue weighted by Gasteiger charge is 2.35. The quantitative estimate of drug-likeness (QED) is 0.569. The normalized spacial score (nSPS) is 13.0. The zero-order chi connectivity index (χ0) is 18.5. The van der Waals surface area contributed by atoms with E-state index in [4.69, 9.17) is 9.07 Å². The molecule has 0 unspecified atom stereocenters. The van der Waals surface area contributed by atoms with Gasteiger partial charge in [0.15, 0.2) is 0 Å². The Morgan fingerprint density at radius 2 is 1.77 bits per heavy atom. The summed E-state index contributed by atoms with van der Waals surface area (Å²) in [7, 11) is 1.69. The SMILES string of the molecule is CC(C)(O)C(C)(C)O[B]c1ccc2oc3ccc4ncccc4c3c2c1. The van der Waals surface area contributed by atoms with Gasteiger partial charge in [0.05, 0.1) is 16.7 Å². The van der Waals surface area contributed by atoms with Gasteiger partial charge < -0.3 is 14.2 Å². The molecule has 2 aromatic carbocycles. The molecule has 5 heteroatoms. The third kappa shape index (κ3) is 2.77. The fourth-order valence-electron chi connectivity index (χ4n) is 2.88. The molecular weight excluding hydrogens is 325 g/mol. The van der Waals surface area contributed by atoms with E-state index in [0.29, 0.717) is 0 Å². The number of nitrogens with zero attached hydrogens (tertiary/aromatic N) is 1. The van der Waals surface area contributed by atoms with Gasteiger partial charge in [-0.3, -0.25) is 4.98 Å². The molecule has 2 aromatic heterocycles. The fourth-order valence-corrected chi connectivity index (χ4v) is 2.88. The van der Waals surface area contributed by atoms with Crippen molar-refractivity contribution < 1.29 is 14.2 Å². The highest BCUT2D eigenvalue weighted by molar-refractivity contribution is 6.47. The summed E-state index contributed by atoms with van der Waals surface area (Å²) in [4.78, 5) is 4.43. The molecule has 0 aliphatic rings. The first-order valence-electron chi connectivity index (χ1n) is 8.70. The lowest BCUT2D eigenvalue weighted by Crippen LogP contribution is -2.49. The Kier molecular flexibility index (Phi) is 3.83. The highest BCUT2D eigenvalue weighted by atomic mass is 16.5. The Balaban J connectivity index is 1.79. The largest absolute Gasteiger partial charge is 0.456 e. The number of fused-ring (bicyclic) bond motifs is 5. The molecule has 0 atom stereocenters. The second kappa shape index (κ2) is 5.83. The van der Waals surface area contributed by atoms with Gasteiger partial charge in [0.2, 0.25) is 0 Å². The smallest absolute Gasteiger partial charge is 0.330 e. The molecule has 0 spiro atoms. The highest BCUT2D eigenvalue weighted by Crippen LogP contribution is 2.33. The van der Waals surface area contributed by atoms with E-state index < -0.39 is 11.2 Å². The monoisotopic (exact) mass is 346 g/mol. The van der Waals surface area contributed by atoms with E-state index in [0.717, 1.165) is 38.3 Å². The van der Waals surface area contributed by atoms with E-state index in [1.54, 1.807) is 27.5 Å². The van der Waals surface area contributed by atoms with Gasteiger partial charge in [0.25, 0.3) is 0 Å². The van der Waals surface area contributed by atoms with Crippen LogP contribution < -0.4 is 5.46 Å². The van der Waals surface area contributed by atoms with Crippen LogP contribution in [0.4, 0.5) is 0 Å². The molecule has 0 bridgehead atoms. The molecule has 4 nitrogen and oxygen atoms in total. The molecular formula is C21H21BNO3. The molecule has 1 radical (unpaired) electrons. The van der Waals surface area contributed by atoms with Crippen LogP contribution in [0, 0.1) is 0 Å². The van der Waals surface area contributed by atoms with Crippen LogP contribution in [-0.2, 0) is 4.65 Å². The van der Waals surface area contributed by atoms with Crippen molar-refractivity contribution in [2.75, 3.05) is 0 Å². The summed E-state index contributed by atoms with van der Waals surface area (Å²) in [5.74, 6) is 0. The number of hydrogen-bond acceptors (Lipinski definition) is 4. The van der Waals surface area contributed by atoms with Crippen LogP contribution in [0.1, 0.15) is 27.7 Å². The van der Waals surface area contributed by atoms with E-state index in [1.165, 1.54) is 0 Å². The maximum atomic E-state index is 10.3. The van der Waals surface area contributed by atoms with Crippen LogP contribution in [0.15, 0.2) is 53.1 Å². The summed E-state index contributed by atoms with van der Waals surface area (Å²) in [6.45, 7) is 7.22. The summed E-state index contributed by atoms with van der Waals surface area (Å²) in [5, 5.41) is 13.4. The van der Waals surface area contributed by atoms with Crippen LogP contribution in [-0.4, -0.2) is 28.8 Å². The van der Waals surface area contributed by atoms with Gasteiger partial charge >= 0.3 is 7.48 Å². The zero-order valence-corrected chi connectivity index (χ0v) is 15.4. The van der Waals surface area contributed by atoms with Crippen molar-refractivity contribution in [1.82, 2.24) is 4.98 Å². The average Bonchev–Trinajstić information content (AvgIpc) is 2.97. The number of furan rings is 1. The predicted octanol–water partition coefficient (Wildman–Crippen LogP) is 3.94. The summed E-state index contributed by atoms with van der Waals surface area (Å²) < 4.78 is 11.9. The Labute approximate surface area is 153 Å². The van der Waals surface area contributed by atoms with Crippen LogP contribution in [0.2, 0.25) is 0 Å². The zero-order valence-electron chi connectivity index (χ0n) is 15.4. The van der Waals surface area contributed by atoms with E-state index in [1.807, 2.05) is 50.2 Å². The Morgan fingerprint density at radius 1 is 1.00 bits per heavy atom. The number of aliphatic hydroxyl groups is 1. The summed E-state index contributed by atoms with van der Waals surface area (Å²) in [6.07, 6.45) is 1.79. The van der Waals surface area contributed by atoms with Crippen molar-refractivity contribution in [3.05, 3.63) is 48.7 Å². The van der Waals surface area contributed by atoms with Crippen molar-refractivity contribution in [1.29, 1.82) is 0 Å². The van der Waals surface area contributed by atoms with Crippen LogP contribution >= 0.6 is 0 Å². The first-order valence-corrected chi connectivity index (χ1v) is 8.70. The standard InChI is InChI=1S/C21H21BNO3/c1-20(2,24)21(3,4)26-22-13-7-9-17-15(12-13)19-14-6-5-11-23-16(14)8-10-18(19)25-17/h5-12,24H,1-4H3. The number of benzene rings is 2. The summed E-state index contributed by atoms with van der Waals surface area (Å²) >= 11 is 0. The van der Waals surface area contributed by atoms with Gasteiger partial charge in [0.1, 0.15) is 11.2 Å². The number of aromatic nitrogens is 1. The molecule has 26 heavy (non-hydrogen) atoms. The second-order valence-electron chi connectivity index (χ2n) is 7.67. The fraction of sp³-hybridized carbons (Fsp3) is 0.286.